The molecule has 3 rings (SSSR count). The molecule has 0 saturated carbocycles. The smallest absolute Gasteiger partial charge is 0.256 e. The third-order valence-electron chi connectivity index (χ3n) is 3.65. The van der Waals surface area contributed by atoms with Crippen molar-refractivity contribution in [3.05, 3.63) is 52.0 Å². The minimum atomic E-state index is -0.307. The van der Waals surface area contributed by atoms with Crippen molar-refractivity contribution >= 4 is 33.4 Å². The lowest BCUT2D eigenvalue weighted by Crippen LogP contribution is -2.22. The number of hydrogen-bond donors (Lipinski definition) is 1. The quantitative estimate of drug-likeness (QED) is 0.852. The van der Waals surface area contributed by atoms with Gasteiger partial charge in [0.2, 0.25) is 0 Å². The maximum Gasteiger partial charge on any atom is 0.256 e. The zero-order valence-corrected chi connectivity index (χ0v) is 15.4. The number of carbonyl (C=O) groups is 2. The number of hydrogen-bond acceptors (Lipinski definition) is 4. The number of amides is 2. The Bertz CT molecular complexity index is 836. The summed E-state index contributed by atoms with van der Waals surface area (Å²) < 4.78 is 11.6. The third kappa shape index (κ3) is 3.76. The topological polar surface area (TPSA) is 67.9 Å². The number of carbonyl (C=O) groups excluding carboxylic acids is 2. The van der Waals surface area contributed by atoms with Crippen molar-refractivity contribution in [1.82, 2.24) is 4.90 Å². The highest BCUT2D eigenvalue weighted by molar-refractivity contribution is 9.10. The number of fused-ring (bicyclic) bond motifs is 1. The molecule has 0 saturated heterocycles. The highest BCUT2D eigenvalue weighted by Gasteiger charge is 2.19. The van der Waals surface area contributed by atoms with E-state index in [0.717, 1.165) is 0 Å². The molecule has 1 heterocycles. The fourth-order valence-electron chi connectivity index (χ4n) is 2.42. The molecule has 1 aliphatic heterocycles. The van der Waals surface area contributed by atoms with Gasteiger partial charge in [-0.05, 0) is 46.3 Å². The molecule has 0 unspecified atom stereocenters. The van der Waals surface area contributed by atoms with Crippen molar-refractivity contribution in [2.24, 2.45) is 0 Å². The largest absolute Gasteiger partial charge is 0.486 e. The standard InChI is InChI=1S/C18H17BrN2O4/c1-21(2)18(23)11-4-3-5-12(8-11)20-17(22)13-9-15-16(10-14(13)19)25-7-6-24-15/h3-5,8-10H,6-7H2,1-2H3,(H,20,22). The molecule has 0 aliphatic carbocycles. The molecule has 0 aromatic heterocycles. The van der Waals surface area contributed by atoms with E-state index in [4.69, 9.17) is 9.47 Å². The van der Waals surface area contributed by atoms with Crippen molar-refractivity contribution in [3.63, 3.8) is 0 Å². The Labute approximate surface area is 153 Å². The van der Waals surface area contributed by atoms with Crippen molar-refractivity contribution in [2.75, 3.05) is 32.6 Å². The summed E-state index contributed by atoms with van der Waals surface area (Å²) in [7, 11) is 3.36. The lowest BCUT2D eigenvalue weighted by atomic mass is 10.1. The number of nitrogens with one attached hydrogen (secondary N) is 1. The first-order chi connectivity index (χ1) is 12.0. The fraction of sp³-hybridized carbons (Fsp3) is 0.222. The number of anilines is 1. The van der Waals surface area contributed by atoms with E-state index < -0.39 is 0 Å². The normalized spacial score (nSPS) is 12.4. The molecular formula is C18H17BrN2O4. The molecule has 1 aliphatic rings. The maximum absolute atomic E-state index is 12.6. The number of nitrogens with zero attached hydrogens (tertiary/aromatic N) is 1. The summed E-state index contributed by atoms with van der Waals surface area (Å²) in [4.78, 5) is 26.1. The van der Waals surface area contributed by atoms with Gasteiger partial charge in [-0.2, -0.15) is 0 Å². The number of ether oxygens (including phenoxy) is 2. The Morgan fingerprint density at radius 1 is 1.08 bits per heavy atom. The van der Waals surface area contributed by atoms with Crippen molar-refractivity contribution < 1.29 is 19.1 Å². The van der Waals surface area contributed by atoms with Crippen LogP contribution in [-0.2, 0) is 0 Å². The van der Waals surface area contributed by atoms with Crippen LogP contribution in [-0.4, -0.2) is 44.0 Å². The summed E-state index contributed by atoms with van der Waals surface area (Å²) in [6, 6.07) is 10.2. The first-order valence-electron chi connectivity index (χ1n) is 7.68. The van der Waals surface area contributed by atoms with Gasteiger partial charge in [0.15, 0.2) is 11.5 Å². The van der Waals surface area contributed by atoms with Gasteiger partial charge in [-0.15, -0.1) is 0 Å². The first kappa shape index (κ1) is 17.3. The predicted molar refractivity (Wildman–Crippen MR) is 97.5 cm³/mol. The second-order valence-corrected chi connectivity index (χ2v) is 6.56. The molecule has 0 atom stereocenters. The van der Waals surface area contributed by atoms with Crippen LogP contribution in [0.25, 0.3) is 0 Å². The zero-order valence-electron chi connectivity index (χ0n) is 13.8. The van der Waals surface area contributed by atoms with Gasteiger partial charge in [0.1, 0.15) is 13.2 Å². The maximum atomic E-state index is 12.6. The van der Waals surface area contributed by atoms with Crippen LogP contribution in [0.1, 0.15) is 20.7 Å². The molecule has 130 valence electrons. The van der Waals surface area contributed by atoms with E-state index in [-0.39, 0.29) is 11.8 Å². The molecule has 6 nitrogen and oxygen atoms in total. The van der Waals surface area contributed by atoms with Gasteiger partial charge in [0.25, 0.3) is 11.8 Å². The van der Waals surface area contributed by atoms with Crippen LogP contribution in [0.5, 0.6) is 11.5 Å². The minimum absolute atomic E-state index is 0.128. The molecule has 0 radical (unpaired) electrons. The predicted octanol–water partition coefficient (Wildman–Crippen LogP) is 3.17. The Hall–Kier alpha value is -2.54. The molecule has 2 amide bonds. The molecule has 2 aromatic carbocycles. The monoisotopic (exact) mass is 404 g/mol. The van der Waals surface area contributed by atoms with Gasteiger partial charge in [-0.25, -0.2) is 0 Å². The zero-order chi connectivity index (χ0) is 18.0. The van der Waals surface area contributed by atoms with Gasteiger partial charge in [0.05, 0.1) is 5.56 Å². The average Bonchev–Trinajstić information content (AvgIpc) is 2.60. The number of halogens is 1. The molecule has 2 aromatic rings. The van der Waals surface area contributed by atoms with Gasteiger partial charge in [-0.3, -0.25) is 9.59 Å². The highest BCUT2D eigenvalue weighted by Crippen LogP contribution is 2.35. The van der Waals surface area contributed by atoms with E-state index >= 15 is 0 Å². The summed E-state index contributed by atoms with van der Waals surface area (Å²) in [6.45, 7) is 0.933. The number of benzene rings is 2. The molecular weight excluding hydrogens is 388 g/mol. The SMILES string of the molecule is CN(C)C(=O)c1cccc(NC(=O)c2cc3c(cc2Br)OCCO3)c1. The second-order valence-electron chi connectivity index (χ2n) is 5.71. The Morgan fingerprint density at radius 2 is 1.76 bits per heavy atom. The summed E-state index contributed by atoms with van der Waals surface area (Å²) in [5, 5.41) is 2.80. The summed E-state index contributed by atoms with van der Waals surface area (Å²) in [6.07, 6.45) is 0. The molecule has 0 spiro atoms. The lowest BCUT2D eigenvalue weighted by Gasteiger charge is -2.19. The summed E-state index contributed by atoms with van der Waals surface area (Å²) >= 11 is 3.39. The second kappa shape index (κ2) is 7.14. The van der Waals surface area contributed by atoms with Crippen molar-refractivity contribution in [3.8, 4) is 11.5 Å². The minimum Gasteiger partial charge on any atom is -0.486 e. The van der Waals surface area contributed by atoms with Gasteiger partial charge in [-0.1, -0.05) is 6.07 Å². The van der Waals surface area contributed by atoms with Crippen LogP contribution in [0.4, 0.5) is 5.69 Å². The van der Waals surface area contributed by atoms with E-state index in [9.17, 15) is 9.59 Å². The molecule has 7 heteroatoms. The Morgan fingerprint density at radius 3 is 2.44 bits per heavy atom. The Balaban J connectivity index is 1.83. The van der Waals surface area contributed by atoms with Crippen LogP contribution in [0, 0.1) is 0 Å². The van der Waals surface area contributed by atoms with Crippen LogP contribution in [0.15, 0.2) is 40.9 Å². The highest BCUT2D eigenvalue weighted by atomic mass is 79.9. The third-order valence-corrected chi connectivity index (χ3v) is 4.31. The molecule has 1 N–H and O–H groups in total. The van der Waals surface area contributed by atoms with E-state index in [1.807, 2.05) is 0 Å². The van der Waals surface area contributed by atoms with Crippen LogP contribution < -0.4 is 14.8 Å². The lowest BCUT2D eigenvalue weighted by molar-refractivity contribution is 0.0827. The van der Waals surface area contributed by atoms with Crippen LogP contribution >= 0.6 is 15.9 Å². The van der Waals surface area contributed by atoms with E-state index in [1.54, 1.807) is 50.5 Å². The van der Waals surface area contributed by atoms with E-state index in [0.29, 0.717) is 46.0 Å². The average molecular weight is 405 g/mol. The van der Waals surface area contributed by atoms with Crippen LogP contribution in [0.3, 0.4) is 0 Å². The van der Waals surface area contributed by atoms with E-state index in [1.165, 1.54) is 4.90 Å². The summed E-state index contributed by atoms with van der Waals surface area (Å²) in [5.41, 5.74) is 1.47. The fourth-order valence-corrected chi connectivity index (χ4v) is 2.93. The molecule has 25 heavy (non-hydrogen) atoms. The van der Waals surface area contributed by atoms with Crippen molar-refractivity contribution in [2.45, 2.75) is 0 Å². The molecule has 0 fully saturated rings. The Kier molecular flexibility index (Phi) is 4.94. The molecule has 0 bridgehead atoms. The summed E-state index contributed by atoms with van der Waals surface area (Å²) in [5.74, 6) is 0.708. The van der Waals surface area contributed by atoms with Crippen molar-refractivity contribution in [1.29, 1.82) is 0 Å². The van der Waals surface area contributed by atoms with E-state index in [2.05, 4.69) is 21.2 Å². The van der Waals surface area contributed by atoms with Crippen LogP contribution in [0.2, 0.25) is 0 Å². The van der Waals surface area contributed by atoms with Gasteiger partial charge in [0, 0.05) is 29.8 Å². The van der Waals surface area contributed by atoms with Gasteiger partial charge >= 0.3 is 0 Å². The van der Waals surface area contributed by atoms with Gasteiger partial charge < -0.3 is 19.7 Å². The number of rotatable bonds is 3. The first-order valence-corrected chi connectivity index (χ1v) is 8.47.